The van der Waals surface area contributed by atoms with Gasteiger partial charge in [-0.2, -0.15) is 0 Å². The van der Waals surface area contributed by atoms with Crippen LogP contribution in [-0.4, -0.2) is 15.0 Å². The summed E-state index contributed by atoms with van der Waals surface area (Å²) in [5.74, 6) is 0. The first kappa shape index (κ1) is 24.5. The summed E-state index contributed by atoms with van der Waals surface area (Å²) in [6.07, 6.45) is 9.09. The summed E-state index contributed by atoms with van der Waals surface area (Å²) in [6, 6.07) is 0. The van der Waals surface area contributed by atoms with Crippen LogP contribution in [0.25, 0.3) is 0 Å². The van der Waals surface area contributed by atoms with Gasteiger partial charge in [0.2, 0.25) is 0 Å². The molecule has 0 nitrogen and oxygen atoms in total. The molecular weight excluding hydrogens is 420 g/mol. The second-order valence-electron chi connectivity index (χ2n) is 4.38. The number of alkyl halides is 3. The molecule has 0 bridgehead atoms. The lowest BCUT2D eigenvalue weighted by Crippen LogP contribution is -1.88. The van der Waals surface area contributed by atoms with Gasteiger partial charge in [-0.25, -0.2) is 0 Å². The molecule has 0 aromatic heterocycles. The molecule has 0 aliphatic rings. The maximum absolute atomic E-state index is 3.48. The zero-order valence-electron chi connectivity index (χ0n) is 12.9. The third-order valence-corrected chi connectivity index (χ3v) is 4.62. The maximum atomic E-state index is 3.48. The molecule has 1 unspecified atom stereocenters. The highest BCUT2D eigenvalue weighted by molar-refractivity contribution is 9.09. The van der Waals surface area contributed by atoms with Gasteiger partial charge in [-0.3, -0.25) is 0 Å². The first-order chi connectivity index (χ1) is 8.49. The Bertz CT molecular complexity index is 108. The van der Waals surface area contributed by atoms with E-state index in [0.717, 1.165) is 4.83 Å². The molecule has 114 valence electrons. The molecule has 0 saturated carbocycles. The van der Waals surface area contributed by atoms with Crippen molar-refractivity contribution in [2.24, 2.45) is 0 Å². The quantitative estimate of drug-likeness (QED) is 0.274. The van der Waals surface area contributed by atoms with Crippen LogP contribution in [0.5, 0.6) is 0 Å². The molecule has 18 heavy (non-hydrogen) atoms. The lowest BCUT2D eigenvalue weighted by atomic mass is 10.3. The largest absolute Gasteiger partial charge is 0.0928 e. The summed E-state index contributed by atoms with van der Waals surface area (Å²) in [7, 11) is 0. The summed E-state index contributed by atoms with van der Waals surface area (Å²) in [5.41, 5.74) is 0. The number of hydrogen-bond donors (Lipinski definition) is 0. The van der Waals surface area contributed by atoms with Gasteiger partial charge < -0.3 is 0 Å². The number of rotatable bonds is 7. The molecule has 0 N–H and O–H groups in total. The Morgan fingerprint density at radius 3 is 1.39 bits per heavy atom. The summed E-state index contributed by atoms with van der Waals surface area (Å²) < 4.78 is 0. The van der Waals surface area contributed by atoms with Crippen LogP contribution < -0.4 is 0 Å². The average Bonchev–Trinajstić information content (AvgIpc) is 2.36. The van der Waals surface area contributed by atoms with Crippen molar-refractivity contribution in [3.63, 3.8) is 0 Å². The first-order valence-electron chi connectivity index (χ1n) is 7.33. The van der Waals surface area contributed by atoms with E-state index in [0.29, 0.717) is 4.83 Å². The topological polar surface area (TPSA) is 0 Å². The van der Waals surface area contributed by atoms with E-state index < -0.39 is 0 Å². The van der Waals surface area contributed by atoms with Crippen LogP contribution in [0.1, 0.15) is 79.6 Å². The highest BCUT2D eigenvalue weighted by Gasteiger charge is 1.91. The van der Waals surface area contributed by atoms with Crippen LogP contribution in [0.3, 0.4) is 0 Å². The zero-order valence-corrected chi connectivity index (χ0v) is 17.7. The minimum Gasteiger partial charge on any atom is -0.0928 e. The van der Waals surface area contributed by atoms with Gasteiger partial charge in [0.25, 0.3) is 0 Å². The van der Waals surface area contributed by atoms with Crippen molar-refractivity contribution in [1.29, 1.82) is 0 Å². The molecule has 0 aromatic rings. The fourth-order valence-electron chi connectivity index (χ4n) is 1.03. The van der Waals surface area contributed by atoms with Crippen LogP contribution in [0.2, 0.25) is 0 Å². The molecule has 0 spiro atoms. The average molecular weight is 453 g/mol. The molecule has 1 atom stereocenters. The number of hydrogen-bond acceptors (Lipinski definition) is 0. The third kappa shape index (κ3) is 36.0. The molecule has 0 heterocycles. The Morgan fingerprint density at radius 2 is 1.33 bits per heavy atom. The van der Waals surface area contributed by atoms with E-state index in [2.05, 4.69) is 82.4 Å². The lowest BCUT2D eigenvalue weighted by molar-refractivity contribution is 0.781. The van der Waals surface area contributed by atoms with Crippen LogP contribution >= 0.6 is 47.8 Å². The van der Waals surface area contributed by atoms with Crippen molar-refractivity contribution in [3.8, 4) is 0 Å². The number of unbranched alkanes of at least 4 members (excludes halogenated alkanes) is 2. The lowest BCUT2D eigenvalue weighted by Gasteiger charge is -1.96. The van der Waals surface area contributed by atoms with Crippen molar-refractivity contribution in [2.45, 2.75) is 89.2 Å². The van der Waals surface area contributed by atoms with Crippen molar-refractivity contribution >= 4 is 47.8 Å². The maximum Gasteiger partial charge on any atom is 0.0140 e. The predicted octanol–water partition coefficient (Wildman–Crippen LogP) is 7.71. The molecular formula is C15H33Br3. The Hall–Kier alpha value is 1.44. The molecule has 0 fully saturated rings. The molecule has 0 amide bonds. The summed E-state index contributed by atoms with van der Waals surface area (Å²) >= 11 is 10.3. The SMILES string of the molecule is CCC(Br)CC.CCCC(C)Br.CCCCCBr. The molecule has 0 aromatic carbocycles. The summed E-state index contributed by atoms with van der Waals surface area (Å²) in [4.78, 5) is 1.46. The van der Waals surface area contributed by atoms with E-state index in [9.17, 15) is 0 Å². The smallest absolute Gasteiger partial charge is 0.0140 e. The van der Waals surface area contributed by atoms with Gasteiger partial charge in [0.15, 0.2) is 0 Å². The van der Waals surface area contributed by atoms with Crippen LogP contribution in [0.15, 0.2) is 0 Å². The minimum atomic E-state index is 0.711. The summed E-state index contributed by atoms with van der Waals surface area (Å²) in [5, 5.41) is 1.17. The van der Waals surface area contributed by atoms with Gasteiger partial charge in [-0.05, 0) is 25.7 Å². The second kappa shape index (κ2) is 23.5. The van der Waals surface area contributed by atoms with Gasteiger partial charge in [0, 0.05) is 15.0 Å². The van der Waals surface area contributed by atoms with E-state index in [1.807, 2.05) is 0 Å². The second-order valence-corrected chi connectivity index (χ2v) is 8.03. The molecule has 0 rings (SSSR count). The van der Waals surface area contributed by atoms with Crippen molar-refractivity contribution in [3.05, 3.63) is 0 Å². The molecule has 0 aliphatic heterocycles. The summed E-state index contributed by atoms with van der Waals surface area (Å²) in [6.45, 7) is 10.9. The Kier molecular flexibility index (Phi) is 32.0. The Balaban J connectivity index is -0.000000187. The van der Waals surface area contributed by atoms with E-state index in [4.69, 9.17) is 0 Å². The van der Waals surface area contributed by atoms with Gasteiger partial charge in [-0.1, -0.05) is 102 Å². The minimum absolute atomic E-state index is 0.711. The van der Waals surface area contributed by atoms with Crippen molar-refractivity contribution < 1.29 is 0 Å². The molecule has 3 heteroatoms. The standard InChI is InChI=1S/3C5H11Br/c1-3-4-5(2)6;1-3-5(6)4-2;1-2-3-4-5-6/h2*5H,3-4H2,1-2H3;2-5H2,1H3. The van der Waals surface area contributed by atoms with Gasteiger partial charge >= 0.3 is 0 Å². The van der Waals surface area contributed by atoms with E-state index in [1.54, 1.807) is 0 Å². The monoisotopic (exact) mass is 450 g/mol. The fraction of sp³-hybridized carbons (Fsp3) is 1.00. The highest BCUT2D eigenvalue weighted by atomic mass is 79.9. The van der Waals surface area contributed by atoms with E-state index >= 15 is 0 Å². The van der Waals surface area contributed by atoms with Crippen LogP contribution in [-0.2, 0) is 0 Å². The van der Waals surface area contributed by atoms with E-state index in [1.165, 1.54) is 50.3 Å². The van der Waals surface area contributed by atoms with Crippen molar-refractivity contribution in [1.82, 2.24) is 0 Å². The van der Waals surface area contributed by atoms with Crippen molar-refractivity contribution in [2.75, 3.05) is 5.33 Å². The predicted molar refractivity (Wildman–Crippen MR) is 99.9 cm³/mol. The van der Waals surface area contributed by atoms with Crippen LogP contribution in [0, 0.1) is 0 Å². The first-order valence-corrected chi connectivity index (χ1v) is 10.3. The Morgan fingerprint density at radius 1 is 0.833 bits per heavy atom. The van der Waals surface area contributed by atoms with Gasteiger partial charge in [-0.15, -0.1) is 0 Å². The Labute approximate surface area is 141 Å². The van der Waals surface area contributed by atoms with Gasteiger partial charge in [0.05, 0.1) is 0 Å². The normalized spacial score (nSPS) is 11.2. The third-order valence-electron chi connectivity index (χ3n) is 2.31. The fourth-order valence-corrected chi connectivity index (χ4v) is 1.89. The highest BCUT2D eigenvalue weighted by Crippen LogP contribution is 2.06. The molecule has 0 saturated heterocycles. The number of halogens is 3. The van der Waals surface area contributed by atoms with E-state index in [-0.39, 0.29) is 0 Å². The zero-order chi connectivity index (χ0) is 14.8. The van der Waals surface area contributed by atoms with Gasteiger partial charge in [0.1, 0.15) is 0 Å². The molecule has 0 aliphatic carbocycles. The van der Waals surface area contributed by atoms with Crippen LogP contribution in [0.4, 0.5) is 0 Å². The molecule has 0 radical (unpaired) electrons.